The van der Waals surface area contributed by atoms with Crippen LogP contribution in [-0.4, -0.2) is 35.3 Å². The number of fused-ring (bicyclic) bond motifs is 1. The Hall–Kier alpha value is -1.84. The molecule has 0 radical (unpaired) electrons. The number of nitrogens with zero attached hydrogens (tertiary/aromatic N) is 1. The van der Waals surface area contributed by atoms with Gasteiger partial charge in [0.2, 0.25) is 11.8 Å². The summed E-state index contributed by atoms with van der Waals surface area (Å²) in [4.78, 5) is 26.6. The van der Waals surface area contributed by atoms with Gasteiger partial charge in [0.25, 0.3) is 0 Å². The Morgan fingerprint density at radius 2 is 1.82 bits per heavy atom. The molecule has 150 valence electrons. The van der Waals surface area contributed by atoms with Crippen LogP contribution in [0.4, 0.5) is 0 Å². The second-order valence-corrected chi connectivity index (χ2v) is 10.9. The van der Waals surface area contributed by atoms with Gasteiger partial charge in [-0.25, -0.2) is 0 Å². The number of amides is 2. The second-order valence-electron chi connectivity index (χ2n) is 10.9. The standard InChI is InChI=1S/C24H32N2O2/c1-22(2,3)17-4-6-18(7-5-17)24-10-11-26(15-19(24)14-24)21(28)16-12-23(13-16)9-8-20(27)25-23/h4-7,16,19H,8-15H2,1-3H3,(H,25,27)/t16-,19?,23+,24?. The number of carbonyl (C=O) groups is 2. The fraction of sp³-hybridized carbons (Fsp3) is 0.667. The molecule has 2 unspecified atom stereocenters. The van der Waals surface area contributed by atoms with Crippen molar-refractivity contribution in [1.82, 2.24) is 10.2 Å². The SMILES string of the molecule is CC(C)(C)c1ccc(C23CCN(C(=O)[C@H]4C[C@]5(CCC(=O)N5)C4)CC2C3)cc1. The van der Waals surface area contributed by atoms with Crippen LogP contribution in [0.5, 0.6) is 0 Å². The lowest BCUT2D eigenvalue weighted by Crippen LogP contribution is -2.57. The smallest absolute Gasteiger partial charge is 0.225 e. The number of nitrogens with one attached hydrogen (secondary N) is 1. The Balaban J connectivity index is 1.20. The summed E-state index contributed by atoms with van der Waals surface area (Å²) in [5.74, 6) is 1.22. The molecule has 1 aromatic carbocycles. The van der Waals surface area contributed by atoms with Crippen LogP contribution in [0.3, 0.4) is 0 Å². The molecule has 2 aliphatic heterocycles. The van der Waals surface area contributed by atoms with Crippen LogP contribution in [-0.2, 0) is 20.4 Å². The van der Waals surface area contributed by atoms with Crippen molar-refractivity contribution in [3.8, 4) is 0 Å². The Morgan fingerprint density at radius 3 is 2.39 bits per heavy atom. The molecule has 2 heterocycles. The van der Waals surface area contributed by atoms with Crippen LogP contribution < -0.4 is 5.32 Å². The van der Waals surface area contributed by atoms with Crippen molar-refractivity contribution in [3.63, 3.8) is 0 Å². The predicted octanol–water partition coefficient (Wildman–Crippen LogP) is 3.53. The largest absolute Gasteiger partial charge is 0.351 e. The van der Waals surface area contributed by atoms with Crippen molar-refractivity contribution in [2.24, 2.45) is 11.8 Å². The minimum absolute atomic E-state index is 0.0503. The van der Waals surface area contributed by atoms with Gasteiger partial charge in [-0.3, -0.25) is 9.59 Å². The molecule has 2 atom stereocenters. The highest BCUT2D eigenvalue weighted by molar-refractivity contribution is 5.84. The van der Waals surface area contributed by atoms with Gasteiger partial charge in [0, 0.05) is 36.4 Å². The van der Waals surface area contributed by atoms with Gasteiger partial charge in [0.1, 0.15) is 0 Å². The minimum Gasteiger partial charge on any atom is -0.351 e. The highest BCUT2D eigenvalue weighted by Crippen LogP contribution is 2.59. The molecule has 28 heavy (non-hydrogen) atoms. The van der Waals surface area contributed by atoms with Gasteiger partial charge in [0.05, 0.1) is 0 Å². The van der Waals surface area contributed by atoms with E-state index in [1.54, 1.807) is 0 Å². The van der Waals surface area contributed by atoms with Gasteiger partial charge in [-0.2, -0.15) is 0 Å². The van der Waals surface area contributed by atoms with Crippen LogP contribution in [0, 0.1) is 11.8 Å². The molecule has 2 saturated carbocycles. The summed E-state index contributed by atoms with van der Waals surface area (Å²) in [5, 5.41) is 3.10. The quantitative estimate of drug-likeness (QED) is 0.853. The number of hydrogen-bond donors (Lipinski definition) is 1. The fourth-order valence-corrected chi connectivity index (χ4v) is 6.01. The zero-order valence-electron chi connectivity index (χ0n) is 17.4. The van der Waals surface area contributed by atoms with Crippen LogP contribution in [0.25, 0.3) is 0 Å². The van der Waals surface area contributed by atoms with E-state index in [0.29, 0.717) is 23.7 Å². The molecular formula is C24H32N2O2. The van der Waals surface area contributed by atoms with Crippen molar-refractivity contribution in [2.45, 2.75) is 75.7 Å². The van der Waals surface area contributed by atoms with Crippen molar-refractivity contribution >= 4 is 11.8 Å². The molecule has 1 aromatic rings. The maximum Gasteiger partial charge on any atom is 0.225 e. The second kappa shape index (κ2) is 5.84. The molecule has 2 aliphatic carbocycles. The minimum atomic E-state index is -0.0503. The zero-order chi connectivity index (χ0) is 19.7. The third kappa shape index (κ3) is 2.79. The summed E-state index contributed by atoms with van der Waals surface area (Å²) in [7, 11) is 0. The first kappa shape index (κ1) is 18.2. The number of hydrogen-bond acceptors (Lipinski definition) is 2. The Morgan fingerprint density at radius 1 is 1.11 bits per heavy atom. The van der Waals surface area contributed by atoms with Gasteiger partial charge >= 0.3 is 0 Å². The van der Waals surface area contributed by atoms with Crippen LogP contribution in [0.2, 0.25) is 0 Å². The van der Waals surface area contributed by atoms with E-state index >= 15 is 0 Å². The van der Waals surface area contributed by atoms with Crippen LogP contribution in [0.15, 0.2) is 24.3 Å². The lowest BCUT2D eigenvalue weighted by Gasteiger charge is -2.46. The van der Waals surface area contributed by atoms with E-state index in [0.717, 1.165) is 38.8 Å². The molecule has 2 amide bonds. The number of rotatable bonds is 2. The number of piperidine rings is 1. The summed E-state index contributed by atoms with van der Waals surface area (Å²) in [5.41, 5.74) is 3.30. The Kier molecular flexibility index (Phi) is 3.80. The first-order chi connectivity index (χ1) is 13.2. The first-order valence-electron chi connectivity index (χ1n) is 10.9. The number of carbonyl (C=O) groups excluding carboxylic acids is 2. The first-order valence-corrected chi connectivity index (χ1v) is 10.9. The predicted molar refractivity (Wildman–Crippen MR) is 109 cm³/mol. The summed E-state index contributed by atoms with van der Waals surface area (Å²) in [6.07, 6.45) is 5.54. The van der Waals surface area contributed by atoms with Crippen LogP contribution >= 0.6 is 0 Å². The molecule has 4 fully saturated rings. The van der Waals surface area contributed by atoms with Crippen molar-refractivity contribution in [2.75, 3.05) is 13.1 Å². The molecule has 4 nitrogen and oxygen atoms in total. The summed E-state index contributed by atoms with van der Waals surface area (Å²) < 4.78 is 0. The lowest BCUT2D eigenvalue weighted by atomic mass is 9.67. The van der Waals surface area contributed by atoms with E-state index in [-0.39, 0.29) is 22.8 Å². The van der Waals surface area contributed by atoms with E-state index in [1.165, 1.54) is 17.5 Å². The van der Waals surface area contributed by atoms with Gasteiger partial charge in [0.15, 0.2) is 0 Å². The molecule has 2 saturated heterocycles. The van der Waals surface area contributed by atoms with Crippen molar-refractivity contribution in [3.05, 3.63) is 35.4 Å². The lowest BCUT2D eigenvalue weighted by molar-refractivity contribution is -0.143. The molecule has 1 spiro atoms. The summed E-state index contributed by atoms with van der Waals surface area (Å²) >= 11 is 0. The summed E-state index contributed by atoms with van der Waals surface area (Å²) in [6, 6.07) is 9.24. The zero-order valence-corrected chi connectivity index (χ0v) is 17.4. The van der Waals surface area contributed by atoms with E-state index in [2.05, 4.69) is 55.3 Å². The highest BCUT2D eigenvalue weighted by Gasteiger charge is 2.59. The Bertz CT molecular complexity index is 816. The van der Waals surface area contributed by atoms with E-state index in [9.17, 15) is 9.59 Å². The average Bonchev–Trinajstić information content (AvgIpc) is 3.25. The molecule has 0 bridgehead atoms. The monoisotopic (exact) mass is 380 g/mol. The van der Waals surface area contributed by atoms with Gasteiger partial charge in [-0.1, -0.05) is 45.0 Å². The molecule has 1 N–H and O–H groups in total. The average molecular weight is 381 g/mol. The molecule has 0 aromatic heterocycles. The molecular weight excluding hydrogens is 348 g/mol. The fourth-order valence-electron chi connectivity index (χ4n) is 6.01. The normalized spacial score (nSPS) is 36.7. The third-order valence-corrected chi connectivity index (χ3v) is 8.00. The van der Waals surface area contributed by atoms with Crippen LogP contribution in [0.1, 0.15) is 70.4 Å². The number of benzene rings is 1. The highest BCUT2D eigenvalue weighted by atomic mass is 16.2. The van der Waals surface area contributed by atoms with Gasteiger partial charge in [-0.05, 0) is 54.6 Å². The maximum atomic E-state index is 13.0. The van der Waals surface area contributed by atoms with Crippen molar-refractivity contribution < 1.29 is 9.59 Å². The van der Waals surface area contributed by atoms with E-state index < -0.39 is 0 Å². The van der Waals surface area contributed by atoms with E-state index in [4.69, 9.17) is 0 Å². The molecule has 5 rings (SSSR count). The molecule has 4 heteroatoms. The van der Waals surface area contributed by atoms with E-state index in [1.807, 2.05) is 0 Å². The van der Waals surface area contributed by atoms with Gasteiger partial charge in [-0.15, -0.1) is 0 Å². The Labute approximate surface area is 168 Å². The third-order valence-electron chi connectivity index (χ3n) is 8.00. The van der Waals surface area contributed by atoms with Crippen molar-refractivity contribution in [1.29, 1.82) is 0 Å². The maximum absolute atomic E-state index is 13.0. The topological polar surface area (TPSA) is 49.4 Å². The number of likely N-dealkylation sites (tertiary alicyclic amines) is 1. The summed E-state index contributed by atoms with van der Waals surface area (Å²) in [6.45, 7) is 8.56. The van der Waals surface area contributed by atoms with Gasteiger partial charge < -0.3 is 10.2 Å². The molecule has 4 aliphatic rings.